The van der Waals surface area contributed by atoms with E-state index in [1.807, 2.05) is 30.3 Å². The summed E-state index contributed by atoms with van der Waals surface area (Å²) in [6.07, 6.45) is 1.31. The maximum atomic E-state index is 13.2. The Balaban J connectivity index is 1.36. The molecule has 2 heterocycles. The molecule has 3 aromatic rings. The molecule has 4 rings (SSSR count). The number of amides is 1. The van der Waals surface area contributed by atoms with Gasteiger partial charge in [0.05, 0.1) is 12.7 Å². The van der Waals surface area contributed by atoms with Gasteiger partial charge in [0, 0.05) is 17.5 Å². The molecule has 126 valence electrons. The van der Waals surface area contributed by atoms with Gasteiger partial charge in [-0.3, -0.25) is 4.79 Å². The molecule has 1 aromatic heterocycles. The largest absolute Gasteiger partial charge is 0.480 e. The predicted molar refractivity (Wildman–Crippen MR) is 88.3 cm³/mol. The van der Waals surface area contributed by atoms with Gasteiger partial charge in [-0.25, -0.2) is 9.37 Å². The number of hydrogen-bond donors (Lipinski definition) is 1. The minimum atomic E-state index is -0.666. The van der Waals surface area contributed by atoms with Crippen molar-refractivity contribution >= 4 is 5.91 Å². The zero-order valence-electron chi connectivity index (χ0n) is 13.2. The number of oxazole rings is 1. The molecule has 6 heteroatoms. The molecular formula is C19H15FN2O3. The second-order valence-corrected chi connectivity index (χ2v) is 5.76. The van der Waals surface area contributed by atoms with Crippen LogP contribution in [0.1, 0.15) is 11.5 Å². The number of halogens is 1. The van der Waals surface area contributed by atoms with Crippen molar-refractivity contribution in [2.75, 3.05) is 0 Å². The minimum absolute atomic E-state index is 0.163. The van der Waals surface area contributed by atoms with E-state index < -0.39 is 6.10 Å². The van der Waals surface area contributed by atoms with Gasteiger partial charge in [-0.2, -0.15) is 0 Å². The average molecular weight is 338 g/mol. The Morgan fingerprint density at radius 3 is 2.92 bits per heavy atom. The second kappa shape index (κ2) is 6.39. The van der Waals surface area contributed by atoms with E-state index >= 15 is 0 Å². The number of carbonyl (C=O) groups is 1. The third kappa shape index (κ3) is 3.24. The lowest BCUT2D eigenvalue weighted by Crippen LogP contribution is -2.37. The van der Waals surface area contributed by atoms with Crippen molar-refractivity contribution in [3.63, 3.8) is 0 Å². The highest BCUT2D eigenvalue weighted by Gasteiger charge is 2.29. The first-order valence-corrected chi connectivity index (χ1v) is 7.92. The summed E-state index contributed by atoms with van der Waals surface area (Å²) in [4.78, 5) is 16.4. The Morgan fingerprint density at radius 1 is 1.24 bits per heavy atom. The molecular weight excluding hydrogens is 323 g/mol. The van der Waals surface area contributed by atoms with E-state index in [1.165, 1.54) is 18.2 Å². The first-order chi connectivity index (χ1) is 12.2. The van der Waals surface area contributed by atoms with Gasteiger partial charge in [0.15, 0.2) is 11.9 Å². The lowest BCUT2D eigenvalue weighted by Gasteiger charge is -2.10. The van der Waals surface area contributed by atoms with Crippen LogP contribution in [0.3, 0.4) is 0 Å². The summed E-state index contributed by atoms with van der Waals surface area (Å²) in [6.45, 7) is 0.163. The van der Waals surface area contributed by atoms with Crippen LogP contribution in [-0.2, 0) is 17.8 Å². The van der Waals surface area contributed by atoms with Crippen molar-refractivity contribution in [1.29, 1.82) is 0 Å². The standard InChI is InChI=1S/C19H15FN2O3/c20-14-6-7-15-13(8-14)9-16(24-15)19(23)22-11-18-21-10-17(25-18)12-4-2-1-3-5-12/h1-8,10,16H,9,11H2,(H,22,23)/t16-/m0/s1. The number of ether oxygens (including phenoxy) is 1. The van der Waals surface area contributed by atoms with E-state index in [0.29, 0.717) is 29.4 Å². The number of hydrogen-bond acceptors (Lipinski definition) is 4. The Labute approximate surface area is 143 Å². The maximum Gasteiger partial charge on any atom is 0.261 e. The van der Waals surface area contributed by atoms with Gasteiger partial charge >= 0.3 is 0 Å². The fraction of sp³-hybridized carbons (Fsp3) is 0.158. The van der Waals surface area contributed by atoms with Crippen molar-refractivity contribution in [3.05, 3.63) is 72.0 Å². The Morgan fingerprint density at radius 2 is 2.08 bits per heavy atom. The quantitative estimate of drug-likeness (QED) is 0.794. The van der Waals surface area contributed by atoms with Crippen molar-refractivity contribution in [1.82, 2.24) is 10.3 Å². The zero-order valence-corrected chi connectivity index (χ0v) is 13.2. The normalized spacial score (nSPS) is 15.5. The molecule has 1 aliphatic heterocycles. The molecule has 0 unspecified atom stereocenters. The highest BCUT2D eigenvalue weighted by molar-refractivity contribution is 5.82. The molecule has 0 bridgehead atoms. The predicted octanol–water partition coefficient (Wildman–Crippen LogP) is 3.10. The monoisotopic (exact) mass is 338 g/mol. The molecule has 1 aliphatic rings. The van der Waals surface area contributed by atoms with Gasteiger partial charge in [-0.1, -0.05) is 30.3 Å². The first-order valence-electron chi connectivity index (χ1n) is 7.92. The van der Waals surface area contributed by atoms with Crippen LogP contribution in [0.15, 0.2) is 59.1 Å². The SMILES string of the molecule is O=C(NCc1ncc(-c2ccccc2)o1)[C@@H]1Cc2cc(F)ccc2O1. The lowest BCUT2D eigenvalue weighted by atomic mass is 10.1. The zero-order chi connectivity index (χ0) is 17.2. The summed E-state index contributed by atoms with van der Waals surface area (Å²) >= 11 is 0. The number of aromatic nitrogens is 1. The van der Waals surface area contributed by atoms with Gasteiger partial charge in [0.1, 0.15) is 11.6 Å². The van der Waals surface area contributed by atoms with Gasteiger partial charge in [0.25, 0.3) is 5.91 Å². The highest BCUT2D eigenvalue weighted by atomic mass is 19.1. The summed E-state index contributed by atoms with van der Waals surface area (Å²) < 4.78 is 24.4. The van der Waals surface area contributed by atoms with Gasteiger partial charge in [0.2, 0.25) is 5.89 Å². The number of benzene rings is 2. The van der Waals surface area contributed by atoms with Crippen LogP contribution in [0.2, 0.25) is 0 Å². The molecule has 0 radical (unpaired) electrons. The fourth-order valence-electron chi connectivity index (χ4n) is 2.77. The van der Waals surface area contributed by atoms with Crippen LogP contribution in [0.5, 0.6) is 5.75 Å². The number of fused-ring (bicyclic) bond motifs is 1. The molecule has 0 saturated carbocycles. The molecule has 0 aliphatic carbocycles. The van der Waals surface area contributed by atoms with Crippen LogP contribution in [0.25, 0.3) is 11.3 Å². The summed E-state index contributed by atoms with van der Waals surface area (Å²) in [5, 5.41) is 2.74. The van der Waals surface area contributed by atoms with Crippen molar-refractivity contribution in [2.24, 2.45) is 0 Å². The van der Waals surface area contributed by atoms with E-state index in [9.17, 15) is 9.18 Å². The first kappa shape index (κ1) is 15.4. The van der Waals surface area contributed by atoms with Gasteiger partial charge in [-0.05, 0) is 18.2 Å². The Bertz CT molecular complexity index is 908. The minimum Gasteiger partial charge on any atom is -0.480 e. The summed E-state index contributed by atoms with van der Waals surface area (Å²) in [7, 11) is 0. The number of carbonyl (C=O) groups excluding carboxylic acids is 1. The maximum absolute atomic E-state index is 13.2. The molecule has 2 aromatic carbocycles. The van der Waals surface area contributed by atoms with Crippen molar-refractivity contribution in [3.8, 4) is 17.1 Å². The van der Waals surface area contributed by atoms with E-state index in [-0.39, 0.29) is 18.3 Å². The molecule has 0 saturated heterocycles. The van der Waals surface area contributed by atoms with Crippen LogP contribution in [-0.4, -0.2) is 17.0 Å². The Hall–Kier alpha value is -3.15. The van der Waals surface area contributed by atoms with E-state index in [1.54, 1.807) is 6.20 Å². The molecule has 1 amide bonds. The number of rotatable bonds is 4. The van der Waals surface area contributed by atoms with Crippen molar-refractivity contribution < 1.29 is 18.3 Å². The van der Waals surface area contributed by atoms with Gasteiger partial charge in [-0.15, -0.1) is 0 Å². The average Bonchev–Trinajstić information content (AvgIpc) is 3.27. The van der Waals surface area contributed by atoms with Crippen LogP contribution in [0, 0.1) is 5.82 Å². The third-order valence-electron chi connectivity index (χ3n) is 4.02. The van der Waals surface area contributed by atoms with E-state index in [0.717, 1.165) is 5.56 Å². The molecule has 25 heavy (non-hydrogen) atoms. The smallest absolute Gasteiger partial charge is 0.261 e. The molecule has 0 spiro atoms. The summed E-state index contributed by atoms with van der Waals surface area (Å²) in [5.74, 6) is 0.982. The van der Waals surface area contributed by atoms with E-state index in [2.05, 4.69) is 10.3 Å². The molecule has 1 N–H and O–H groups in total. The van der Waals surface area contributed by atoms with E-state index in [4.69, 9.17) is 9.15 Å². The second-order valence-electron chi connectivity index (χ2n) is 5.76. The molecule has 5 nitrogen and oxygen atoms in total. The van der Waals surface area contributed by atoms with Crippen LogP contribution < -0.4 is 10.1 Å². The number of nitrogens with one attached hydrogen (secondary N) is 1. The molecule has 1 atom stereocenters. The fourth-order valence-corrected chi connectivity index (χ4v) is 2.77. The Kier molecular flexibility index (Phi) is 3.93. The third-order valence-corrected chi connectivity index (χ3v) is 4.02. The molecule has 0 fully saturated rings. The summed E-state index contributed by atoms with van der Waals surface area (Å²) in [6, 6.07) is 13.8. The topological polar surface area (TPSA) is 64.4 Å². The summed E-state index contributed by atoms with van der Waals surface area (Å²) in [5.41, 5.74) is 1.62. The lowest BCUT2D eigenvalue weighted by molar-refractivity contribution is -0.127. The highest BCUT2D eigenvalue weighted by Crippen LogP contribution is 2.29. The van der Waals surface area contributed by atoms with Crippen LogP contribution >= 0.6 is 0 Å². The van der Waals surface area contributed by atoms with Crippen LogP contribution in [0.4, 0.5) is 4.39 Å². The number of nitrogens with zero attached hydrogens (tertiary/aromatic N) is 1. The van der Waals surface area contributed by atoms with Gasteiger partial charge < -0.3 is 14.5 Å². The van der Waals surface area contributed by atoms with Crippen molar-refractivity contribution in [2.45, 2.75) is 19.1 Å².